The molecule has 0 aliphatic carbocycles. The summed E-state index contributed by atoms with van der Waals surface area (Å²) >= 11 is 6.04. The summed E-state index contributed by atoms with van der Waals surface area (Å²) in [6.07, 6.45) is 0. The lowest BCUT2D eigenvalue weighted by atomic mass is 10.3. The lowest BCUT2D eigenvalue weighted by Crippen LogP contribution is -2.10. The molecule has 0 saturated heterocycles. The maximum atomic E-state index is 6.04. The second-order valence-electron chi connectivity index (χ2n) is 3.74. The first-order chi connectivity index (χ1) is 9.22. The minimum Gasteiger partial charge on any atom is -0.497 e. The highest BCUT2D eigenvalue weighted by Crippen LogP contribution is 2.22. The molecule has 0 unspecified atom stereocenters. The van der Waals surface area contributed by atoms with E-state index in [2.05, 4.69) is 10.4 Å². The fourth-order valence-corrected chi connectivity index (χ4v) is 1.67. The van der Waals surface area contributed by atoms with Crippen LogP contribution in [0.15, 0.2) is 36.4 Å². The molecule has 0 fully saturated rings. The Balaban J connectivity index is 2.09. The second kappa shape index (κ2) is 6.26. The fourth-order valence-electron chi connectivity index (χ4n) is 1.51. The molecule has 5 nitrogen and oxygen atoms in total. The standard InChI is InChI=1S/C13H14ClN3O2/c1-18-9-3-2-4-10(7-9)19-8-12-11(14)5-6-13(16-12)17-15/h2-7H,8,15H2,1H3,(H,16,17). The number of hydrogen-bond donors (Lipinski definition) is 2. The Morgan fingerprint density at radius 1 is 1.26 bits per heavy atom. The predicted molar refractivity (Wildman–Crippen MR) is 74.4 cm³/mol. The van der Waals surface area contributed by atoms with Gasteiger partial charge in [-0.1, -0.05) is 17.7 Å². The van der Waals surface area contributed by atoms with E-state index in [9.17, 15) is 0 Å². The molecular formula is C13H14ClN3O2. The Morgan fingerprint density at radius 3 is 2.79 bits per heavy atom. The zero-order valence-corrected chi connectivity index (χ0v) is 11.1. The molecule has 2 rings (SSSR count). The quantitative estimate of drug-likeness (QED) is 0.650. The molecule has 0 amide bonds. The molecule has 1 heterocycles. The van der Waals surface area contributed by atoms with Crippen molar-refractivity contribution in [3.63, 3.8) is 0 Å². The lowest BCUT2D eigenvalue weighted by molar-refractivity contribution is 0.299. The van der Waals surface area contributed by atoms with Gasteiger partial charge in [0.25, 0.3) is 0 Å². The first-order valence-electron chi connectivity index (χ1n) is 5.62. The molecule has 1 aromatic carbocycles. The van der Waals surface area contributed by atoms with Gasteiger partial charge in [0, 0.05) is 6.07 Å². The van der Waals surface area contributed by atoms with Crippen LogP contribution in [0.25, 0.3) is 0 Å². The third-order valence-corrected chi connectivity index (χ3v) is 2.83. The molecule has 19 heavy (non-hydrogen) atoms. The van der Waals surface area contributed by atoms with Crippen LogP contribution in [-0.4, -0.2) is 12.1 Å². The molecule has 0 radical (unpaired) electrons. The predicted octanol–water partition coefficient (Wildman–Crippen LogP) is 2.61. The summed E-state index contributed by atoms with van der Waals surface area (Å²) in [6.45, 7) is 0.252. The van der Waals surface area contributed by atoms with Crippen molar-refractivity contribution in [2.75, 3.05) is 12.5 Å². The van der Waals surface area contributed by atoms with Crippen LogP contribution in [0.5, 0.6) is 11.5 Å². The van der Waals surface area contributed by atoms with E-state index in [1.54, 1.807) is 25.3 Å². The van der Waals surface area contributed by atoms with Crippen molar-refractivity contribution in [3.8, 4) is 11.5 Å². The molecule has 100 valence electrons. The number of pyridine rings is 1. The molecule has 0 bridgehead atoms. The maximum absolute atomic E-state index is 6.04. The number of anilines is 1. The van der Waals surface area contributed by atoms with Crippen molar-refractivity contribution in [2.24, 2.45) is 5.84 Å². The van der Waals surface area contributed by atoms with Crippen molar-refractivity contribution in [1.29, 1.82) is 0 Å². The summed E-state index contributed by atoms with van der Waals surface area (Å²) in [4.78, 5) is 4.22. The zero-order chi connectivity index (χ0) is 13.7. The number of benzene rings is 1. The van der Waals surface area contributed by atoms with E-state index >= 15 is 0 Å². The number of hydrazine groups is 1. The van der Waals surface area contributed by atoms with E-state index in [0.717, 1.165) is 5.75 Å². The van der Waals surface area contributed by atoms with Gasteiger partial charge in [-0.15, -0.1) is 0 Å². The number of rotatable bonds is 5. The highest BCUT2D eigenvalue weighted by molar-refractivity contribution is 6.31. The van der Waals surface area contributed by atoms with Crippen LogP contribution in [0.4, 0.5) is 5.82 Å². The maximum Gasteiger partial charge on any atom is 0.140 e. The molecule has 0 spiro atoms. The van der Waals surface area contributed by atoms with E-state index in [0.29, 0.717) is 22.3 Å². The Kier molecular flexibility index (Phi) is 4.43. The number of nitrogens with two attached hydrogens (primary N) is 1. The normalized spacial score (nSPS) is 10.1. The van der Waals surface area contributed by atoms with Crippen LogP contribution >= 0.6 is 11.6 Å². The minimum atomic E-state index is 0.252. The van der Waals surface area contributed by atoms with Crippen molar-refractivity contribution >= 4 is 17.4 Å². The number of halogens is 1. The van der Waals surface area contributed by atoms with Gasteiger partial charge in [-0.2, -0.15) is 0 Å². The first kappa shape index (κ1) is 13.5. The second-order valence-corrected chi connectivity index (χ2v) is 4.14. The van der Waals surface area contributed by atoms with Gasteiger partial charge < -0.3 is 14.9 Å². The summed E-state index contributed by atoms with van der Waals surface area (Å²) in [5, 5.41) is 0.530. The van der Waals surface area contributed by atoms with Gasteiger partial charge in [0.15, 0.2) is 0 Å². The molecule has 2 aromatic rings. The van der Waals surface area contributed by atoms with Crippen molar-refractivity contribution in [2.45, 2.75) is 6.61 Å². The number of nitrogen functional groups attached to an aromatic ring is 1. The average Bonchev–Trinajstić information content (AvgIpc) is 2.46. The third-order valence-electron chi connectivity index (χ3n) is 2.48. The molecular weight excluding hydrogens is 266 g/mol. The van der Waals surface area contributed by atoms with Crippen LogP contribution in [-0.2, 0) is 6.61 Å². The first-order valence-corrected chi connectivity index (χ1v) is 5.99. The Morgan fingerprint density at radius 2 is 2.05 bits per heavy atom. The van der Waals surface area contributed by atoms with Crippen molar-refractivity contribution < 1.29 is 9.47 Å². The number of nitrogens with one attached hydrogen (secondary N) is 1. The molecule has 0 aliphatic heterocycles. The Hall–Kier alpha value is -1.98. The summed E-state index contributed by atoms with van der Waals surface area (Å²) in [5.74, 6) is 7.25. The van der Waals surface area contributed by atoms with Crippen LogP contribution < -0.4 is 20.7 Å². The van der Waals surface area contributed by atoms with E-state index in [4.69, 9.17) is 26.9 Å². The Bertz CT molecular complexity index is 563. The number of ether oxygens (including phenoxy) is 2. The highest BCUT2D eigenvalue weighted by atomic mass is 35.5. The van der Waals surface area contributed by atoms with Gasteiger partial charge in [0.1, 0.15) is 23.9 Å². The van der Waals surface area contributed by atoms with Crippen LogP contribution in [0, 0.1) is 0 Å². The number of methoxy groups -OCH3 is 1. The topological polar surface area (TPSA) is 69.4 Å². The lowest BCUT2D eigenvalue weighted by Gasteiger charge is -2.09. The highest BCUT2D eigenvalue weighted by Gasteiger charge is 2.05. The van der Waals surface area contributed by atoms with Gasteiger partial charge in [0.2, 0.25) is 0 Å². The van der Waals surface area contributed by atoms with Crippen molar-refractivity contribution in [3.05, 3.63) is 47.1 Å². The van der Waals surface area contributed by atoms with Gasteiger partial charge in [-0.05, 0) is 24.3 Å². The minimum absolute atomic E-state index is 0.252. The van der Waals surface area contributed by atoms with Gasteiger partial charge >= 0.3 is 0 Å². The van der Waals surface area contributed by atoms with E-state index in [-0.39, 0.29) is 6.61 Å². The molecule has 6 heteroatoms. The fraction of sp³-hybridized carbons (Fsp3) is 0.154. The summed E-state index contributed by atoms with van der Waals surface area (Å²) < 4.78 is 10.7. The number of aromatic nitrogens is 1. The Labute approximate surface area is 116 Å². The molecule has 3 N–H and O–H groups in total. The largest absolute Gasteiger partial charge is 0.497 e. The van der Waals surface area contributed by atoms with E-state index in [1.807, 2.05) is 18.2 Å². The monoisotopic (exact) mass is 279 g/mol. The van der Waals surface area contributed by atoms with Crippen LogP contribution in [0.1, 0.15) is 5.69 Å². The van der Waals surface area contributed by atoms with E-state index in [1.165, 1.54) is 0 Å². The van der Waals surface area contributed by atoms with Crippen molar-refractivity contribution in [1.82, 2.24) is 4.98 Å². The van der Waals surface area contributed by atoms with Gasteiger partial charge in [-0.25, -0.2) is 10.8 Å². The average molecular weight is 280 g/mol. The van der Waals surface area contributed by atoms with Gasteiger partial charge in [0.05, 0.1) is 17.8 Å². The number of nitrogens with zero attached hydrogens (tertiary/aromatic N) is 1. The van der Waals surface area contributed by atoms with E-state index < -0.39 is 0 Å². The SMILES string of the molecule is COc1cccc(OCc2nc(NN)ccc2Cl)c1. The molecule has 0 aliphatic rings. The molecule has 1 aromatic heterocycles. The summed E-state index contributed by atoms with van der Waals surface area (Å²) in [6, 6.07) is 10.7. The molecule has 0 atom stereocenters. The summed E-state index contributed by atoms with van der Waals surface area (Å²) in [5.41, 5.74) is 3.08. The number of hydrogen-bond acceptors (Lipinski definition) is 5. The smallest absolute Gasteiger partial charge is 0.140 e. The van der Waals surface area contributed by atoms with Gasteiger partial charge in [-0.3, -0.25) is 0 Å². The summed E-state index contributed by atoms with van der Waals surface area (Å²) in [7, 11) is 1.61. The zero-order valence-electron chi connectivity index (χ0n) is 10.4. The molecule has 0 saturated carbocycles. The van der Waals surface area contributed by atoms with Crippen LogP contribution in [0.3, 0.4) is 0 Å². The third kappa shape index (κ3) is 3.49. The van der Waals surface area contributed by atoms with Crippen LogP contribution in [0.2, 0.25) is 5.02 Å².